The van der Waals surface area contributed by atoms with Crippen LogP contribution in [-0.4, -0.2) is 24.6 Å². The van der Waals surface area contributed by atoms with Crippen molar-refractivity contribution in [1.82, 2.24) is 0 Å². The van der Waals surface area contributed by atoms with Gasteiger partial charge in [0.1, 0.15) is 0 Å². The van der Waals surface area contributed by atoms with Crippen molar-refractivity contribution in [2.24, 2.45) is 0 Å². The largest absolute Gasteiger partial charge is 0.466 e. The molecule has 0 aromatic heterocycles. The van der Waals surface area contributed by atoms with Crippen molar-refractivity contribution < 1.29 is 19.1 Å². The highest BCUT2D eigenvalue weighted by Crippen LogP contribution is 2.37. The summed E-state index contributed by atoms with van der Waals surface area (Å²) in [6.45, 7) is 1.55. The van der Waals surface area contributed by atoms with Gasteiger partial charge in [-0.05, 0) is 40.5 Å². The van der Waals surface area contributed by atoms with E-state index >= 15 is 0 Å². The van der Waals surface area contributed by atoms with Crippen molar-refractivity contribution in [2.45, 2.75) is 18.9 Å². The Morgan fingerprint density at radius 2 is 2.00 bits per heavy atom. The molecule has 4 nitrogen and oxygen atoms in total. The van der Waals surface area contributed by atoms with E-state index in [4.69, 9.17) is 4.74 Å². The summed E-state index contributed by atoms with van der Waals surface area (Å²) >= 11 is 6.70. The third kappa shape index (κ3) is 2.07. The average Bonchev–Trinajstić information content (AvgIpc) is 2.32. The van der Waals surface area contributed by atoms with E-state index in [1.807, 2.05) is 6.07 Å². The van der Waals surface area contributed by atoms with Crippen LogP contribution in [0, 0.1) is 0 Å². The molecule has 1 heterocycles. The number of hydrogen-bond acceptors (Lipinski definition) is 4. The summed E-state index contributed by atoms with van der Waals surface area (Å²) < 4.78 is 11.3. The van der Waals surface area contributed by atoms with Crippen LogP contribution in [0.25, 0.3) is 0 Å². The molecule has 0 bridgehead atoms. The number of esters is 2. The lowest BCUT2D eigenvalue weighted by molar-refractivity contribution is -0.161. The summed E-state index contributed by atoms with van der Waals surface area (Å²) in [6.07, 6.45) is 0.279. The van der Waals surface area contributed by atoms with Gasteiger partial charge in [-0.3, -0.25) is 0 Å². The maximum atomic E-state index is 12.0. The molecule has 2 rings (SSSR count). The minimum atomic E-state index is -1.28. The molecule has 1 atom stereocenters. The van der Waals surface area contributed by atoms with Gasteiger partial charge in [0.25, 0.3) is 0 Å². The second-order valence-electron chi connectivity index (χ2n) is 4.17. The third-order valence-corrected chi connectivity index (χ3v) is 4.26. The van der Waals surface area contributed by atoms with Gasteiger partial charge < -0.3 is 9.47 Å². The van der Waals surface area contributed by atoms with E-state index in [-0.39, 0.29) is 6.42 Å². The highest BCUT2D eigenvalue weighted by Gasteiger charge is 2.45. The lowest BCUT2D eigenvalue weighted by Crippen LogP contribution is -2.46. The van der Waals surface area contributed by atoms with E-state index < -0.39 is 17.5 Å². The molecule has 96 valence electrons. The van der Waals surface area contributed by atoms with Crippen LogP contribution in [0.2, 0.25) is 0 Å². The zero-order valence-electron chi connectivity index (χ0n) is 9.75. The van der Waals surface area contributed by atoms with Crippen LogP contribution >= 0.6 is 31.9 Å². The Morgan fingerprint density at radius 1 is 1.39 bits per heavy atom. The summed E-state index contributed by atoms with van der Waals surface area (Å²) in [5.74, 6) is -1.09. The number of halogens is 2. The Balaban J connectivity index is 2.55. The third-order valence-electron chi connectivity index (χ3n) is 2.86. The first kappa shape index (κ1) is 13.5. The van der Waals surface area contributed by atoms with E-state index in [1.165, 1.54) is 7.11 Å². The minimum Gasteiger partial charge on any atom is -0.466 e. The smallest absolute Gasteiger partial charge is 0.350 e. The van der Waals surface area contributed by atoms with Crippen LogP contribution in [0.4, 0.5) is 0 Å². The number of cyclic esters (lactones) is 1. The summed E-state index contributed by atoms with van der Waals surface area (Å²) in [7, 11) is 1.27. The Labute approximate surface area is 121 Å². The molecule has 1 aromatic rings. The van der Waals surface area contributed by atoms with Gasteiger partial charge in [0.2, 0.25) is 5.60 Å². The fourth-order valence-corrected chi connectivity index (χ4v) is 2.95. The van der Waals surface area contributed by atoms with E-state index in [2.05, 4.69) is 36.6 Å². The Hall–Kier alpha value is -0.880. The number of fused-ring (bicyclic) bond motifs is 1. The summed E-state index contributed by atoms with van der Waals surface area (Å²) in [5, 5.41) is 0. The summed E-state index contributed by atoms with van der Waals surface area (Å²) in [6, 6.07) is 3.57. The number of carbonyl (C=O) groups excluding carboxylic acids is 2. The number of benzene rings is 1. The zero-order chi connectivity index (χ0) is 13.5. The SMILES string of the molecule is COC(=O)C1(C)Cc2c(Br)ccc(Br)c2C(=O)O1. The molecule has 0 N–H and O–H groups in total. The van der Waals surface area contributed by atoms with Crippen LogP contribution in [0.15, 0.2) is 21.1 Å². The molecule has 18 heavy (non-hydrogen) atoms. The van der Waals surface area contributed by atoms with Crippen molar-refractivity contribution >= 4 is 43.8 Å². The molecule has 0 radical (unpaired) electrons. The first-order valence-electron chi connectivity index (χ1n) is 5.17. The van der Waals surface area contributed by atoms with Gasteiger partial charge in [-0.25, -0.2) is 9.59 Å². The average molecular weight is 378 g/mol. The van der Waals surface area contributed by atoms with Gasteiger partial charge in [0.15, 0.2) is 0 Å². The van der Waals surface area contributed by atoms with Gasteiger partial charge >= 0.3 is 11.9 Å². The Kier molecular flexibility index (Phi) is 3.51. The normalized spacial score (nSPS) is 22.1. The summed E-state index contributed by atoms with van der Waals surface area (Å²) in [5.41, 5.74) is -0.0819. The first-order valence-corrected chi connectivity index (χ1v) is 6.76. The van der Waals surface area contributed by atoms with Gasteiger partial charge in [0.05, 0.1) is 12.7 Å². The molecule has 6 heteroatoms. The standard InChI is InChI=1S/C12H10Br2O4/c1-12(11(16)17-2)5-6-7(13)3-4-8(14)9(6)10(15)18-12/h3-4H,5H2,1-2H3. The van der Waals surface area contributed by atoms with Crippen LogP contribution in [-0.2, 0) is 20.7 Å². The maximum Gasteiger partial charge on any atom is 0.350 e. The number of carbonyl (C=O) groups is 2. The van der Waals surface area contributed by atoms with Gasteiger partial charge in [-0.1, -0.05) is 15.9 Å². The number of rotatable bonds is 1. The van der Waals surface area contributed by atoms with E-state index in [9.17, 15) is 9.59 Å². The predicted molar refractivity (Wildman–Crippen MR) is 71.4 cm³/mol. The molecule has 0 aliphatic carbocycles. The molecule has 1 aliphatic rings. The number of ether oxygens (including phenoxy) is 2. The Bertz CT molecular complexity index is 541. The van der Waals surface area contributed by atoms with Crippen molar-refractivity contribution in [2.75, 3.05) is 7.11 Å². The van der Waals surface area contributed by atoms with Gasteiger partial charge in [0, 0.05) is 15.4 Å². The lowest BCUT2D eigenvalue weighted by atomic mass is 9.90. The summed E-state index contributed by atoms with van der Waals surface area (Å²) in [4.78, 5) is 23.7. The van der Waals surface area contributed by atoms with E-state index in [1.54, 1.807) is 13.0 Å². The minimum absolute atomic E-state index is 0.279. The molecule has 1 aromatic carbocycles. The monoisotopic (exact) mass is 376 g/mol. The van der Waals surface area contributed by atoms with Crippen LogP contribution in [0.1, 0.15) is 22.8 Å². The number of hydrogen-bond donors (Lipinski definition) is 0. The van der Waals surface area contributed by atoms with Crippen LogP contribution in [0.5, 0.6) is 0 Å². The van der Waals surface area contributed by atoms with Gasteiger partial charge in [-0.2, -0.15) is 0 Å². The lowest BCUT2D eigenvalue weighted by Gasteiger charge is -2.32. The van der Waals surface area contributed by atoms with E-state index in [0.717, 1.165) is 10.0 Å². The van der Waals surface area contributed by atoms with Crippen molar-refractivity contribution in [1.29, 1.82) is 0 Å². The quantitative estimate of drug-likeness (QED) is 0.706. The second-order valence-corrected chi connectivity index (χ2v) is 5.88. The first-order chi connectivity index (χ1) is 8.39. The Morgan fingerprint density at radius 3 is 2.61 bits per heavy atom. The van der Waals surface area contributed by atoms with Crippen molar-refractivity contribution in [3.63, 3.8) is 0 Å². The molecular weight excluding hydrogens is 368 g/mol. The van der Waals surface area contributed by atoms with Crippen molar-refractivity contribution in [3.8, 4) is 0 Å². The molecule has 0 saturated carbocycles. The predicted octanol–water partition coefficient (Wildman–Crippen LogP) is 2.86. The molecule has 1 unspecified atom stereocenters. The molecule has 0 fully saturated rings. The van der Waals surface area contributed by atoms with Crippen LogP contribution in [0.3, 0.4) is 0 Å². The fourth-order valence-electron chi connectivity index (χ4n) is 1.95. The highest BCUT2D eigenvalue weighted by molar-refractivity contribution is 9.11. The van der Waals surface area contributed by atoms with Gasteiger partial charge in [-0.15, -0.1) is 0 Å². The highest BCUT2D eigenvalue weighted by atomic mass is 79.9. The molecular formula is C12H10Br2O4. The molecule has 0 amide bonds. The zero-order valence-corrected chi connectivity index (χ0v) is 12.9. The van der Waals surface area contributed by atoms with Crippen molar-refractivity contribution in [3.05, 3.63) is 32.2 Å². The number of methoxy groups -OCH3 is 1. The molecule has 0 saturated heterocycles. The molecule has 0 spiro atoms. The second kappa shape index (κ2) is 4.66. The van der Waals surface area contributed by atoms with E-state index in [0.29, 0.717) is 10.0 Å². The van der Waals surface area contributed by atoms with Crippen LogP contribution < -0.4 is 0 Å². The topological polar surface area (TPSA) is 52.6 Å². The maximum absolute atomic E-state index is 12.0. The fraction of sp³-hybridized carbons (Fsp3) is 0.333. The molecule has 1 aliphatic heterocycles.